The lowest BCUT2D eigenvalue weighted by atomic mass is 10.5. The molecule has 1 N–H and O–H groups in total. The lowest BCUT2D eigenvalue weighted by Crippen LogP contribution is -2.31. The molecule has 1 aromatic heterocycles. The van der Waals surface area contributed by atoms with Crippen molar-refractivity contribution in [2.45, 2.75) is 25.4 Å². The van der Waals surface area contributed by atoms with Gasteiger partial charge in [0.1, 0.15) is 0 Å². The molecule has 0 radical (unpaired) electrons. The molecule has 0 atom stereocenters. The zero-order chi connectivity index (χ0) is 12.3. The van der Waals surface area contributed by atoms with Crippen molar-refractivity contribution in [2.24, 2.45) is 0 Å². The van der Waals surface area contributed by atoms with Crippen LogP contribution in [0.1, 0.15) is 18.9 Å². The van der Waals surface area contributed by atoms with Crippen molar-refractivity contribution < 1.29 is 0 Å². The van der Waals surface area contributed by atoms with Crippen LogP contribution in [0.4, 0.5) is 0 Å². The smallest absolute Gasteiger partial charge is 0.314 e. The van der Waals surface area contributed by atoms with E-state index in [2.05, 4.69) is 24.3 Å². The first-order valence-electron chi connectivity index (χ1n) is 6.31. The highest BCUT2D eigenvalue weighted by Gasteiger charge is 2.25. The predicted molar refractivity (Wildman–Crippen MR) is 68.4 cm³/mol. The van der Waals surface area contributed by atoms with Gasteiger partial charge in [-0.3, -0.25) is 9.13 Å². The van der Waals surface area contributed by atoms with Crippen LogP contribution >= 0.6 is 0 Å². The summed E-state index contributed by atoms with van der Waals surface area (Å²) < 4.78 is 3.65. The van der Waals surface area contributed by atoms with E-state index in [0.29, 0.717) is 6.04 Å². The quantitative estimate of drug-likeness (QED) is 0.687. The first-order valence-corrected chi connectivity index (χ1v) is 6.31. The Morgan fingerprint density at radius 2 is 2.12 bits per heavy atom. The number of nitrogens with one attached hydrogen (secondary N) is 1. The van der Waals surface area contributed by atoms with Crippen molar-refractivity contribution in [3.63, 3.8) is 0 Å². The lowest BCUT2D eigenvalue weighted by molar-refractivity contribution is 0.397. The molecule has 1 saturated carbocycles. The van der Waals surface area contributed by atoms with E-state index < -0.39 is 0 Å². The second kappa shape index (κ2) is 5.51. The maximum Gasteiger partial charge on any atom is 0.328 e. The number of nitrogens with zero attached hydrogens (tertiary/aromatic N) is 3. The minimum absolute atomic E-state index is 0.141. The van der Waals surface area contributed by atoms with Crippen LogP contribution in [-0.2, 0) is 6.54 Å². The van der Waals surface area contributed by atoms with E-state index in [0.717, 1.165) is 39.0 Å². The molecular weight excluding hydrogens is 216 g/mol. The van der Waals surface area contributed by atoms with Gasteiger partial charge in [0.05, 0.1) is 0 Å². The number of likely N-dealkylation sites (N-methyl/N-ethyl adjacent to an activating group) is 1. The standard InChI is InChI=1S/C12H22N4O/c1-14(2)7-5-13-6-8-15-9-10-16(12(15)17)11-3-4-11/h9-11,13H,3-8H2,1-2H3. The minimum atomic E-state index is 0.141. The Morgan fingerprint density at radius 3 is 2.76 bits per heavy atom. The second-order valence-corrected chi connectivity index (χ2v) is 4.97. The van der Waals surface area contributed by atoms with Gasteiger partial charge in [-0.25, -0.2) is 4.79 Å². The van der Waals surface area contributed by atoms with Crippen LogP contribution in [-0.4, -0.2) is 47.8 Å². The largest absolute Gasteiger partial charge is 0.328 e. The number of imidazole rings is 1. The summed E-state index contributed by atoms with van der Waals surface area (Å²) in [6, 6.07) is 0.477. The van der Waals surface area contributed by atoms with Crippen LogP contribution in [0.25, 0.3) is 0 Å². The van der Waals surface area contributed by atoms with E-state index in [1.807, 2.05) is 17.0 Å². The number of hydrogen-bond acceptors (Lipinski definition) is 3. The molecule has 1 aliphatic carbocycles. The first kappa shape index (κ1) is 12.4. The molecule has 0 saturated heterocycles. The van der Waals surface area contributed by atoms with Crippen molar-refractivity contribution in [3.8, 4) is 0 Å². The molecule has 1 aliphatic rings. The molecular formula is C12H22N4O. The molecule has 0 amide bonds. The fourth-order valence-corrected chi connectivity index (χ4v) is 1.86. The molecule has 1 aromatic rings. The van der Waals surface area contributed by atoms with E-state index in [1.165, 1.54) is 0 Å². The summed E-state index contributed by atoms with van der Waals surface area (Å²) in [6.07, 6.45) is 6.13. The highest BCUT2D eigenvalue weighted by Crippen LogP contribution is 2.33. The molecule has 1 heterocycles. The van der Waals surface area contributed by atoms with Gasteiger partial charge in [-0.1, -0.05) is 0 Å². The lowest BCUT2D eigenvalue weighted by Gasteiger charge is -2.10. The number of rotatable bonds is 7. The van der Waals surface area contributed by atoms with Gasteiger partial charge < -0.3 is 10.2 Å². The topological polar surface area (TPSA) is 42.2 Å². The third-order valence-electron chi connectivity index (χ3n) is 3.08. The summed E-state index contributed by atoms with van der Waals surface area (Å²) in [7, 11) is 4.11. The molecule has 0 unspecified atom stereocenters. The SMILES string of the molecule is CN(C)CCNCCn1ccn(C2CC2)c1=O. The Balaban J connectivity index is 1.73. The van der Waals surface area contributed by atoms with E-state index in [4.69, 9.17) is 0 Å². The fraction of sp³-hybridized carbons (Fsp3) is 0.750. The van der Waals surface area contributed by atoms with Crippen molar-refractivity contribution in [3.05, 3.63) is 22.9 Å². The summed E-state index contributed by atoms with van der Waals surface area (Å²) in [5.74, 6) is 0. The van der Waals surface area contributed by atoms with Crippen molar-refractivity contribution in [1.82, 2.24) is 19.4 Å². The van der Waals surface area contributed by atoms with Gasteiger partial charge in [0.25, 0.3) is 0 Å². The van der Waals surface area contributed by atoms with Gasteiger partial charge in [-0.15, -0.1) is 0 Å². The van der Waals surface area contributed by atoms with Gasteiger partial charge in [0, 0.05) is 44.6 Å². The molecule has 0 aromatic carbocycles. The Hall–Kier alpha value is -1.07. The Bertz CT molecular complexity index is 403. The molecule has 17 heavy (non-hydrogen) atoms. The summed E-state index contributed by atoms with van der Waals surface area (Å²) in [4.78, 5) is 14.1. The highest BCUT2D eigenvalue weighted by atomic mass is 16.1. The third-order valence-corrected chi connectivity index (χ3v) is 3.08. The fourth-order valence-electron chi connectivity index (χ4n) is 1.86. The van der Waals surface area contributed by atoms with E-state index >= 15 is 0 Å². The molecule has 2 rings (SSSR count). The van der Waals surface area contributed by atoms with Crippen LogP contribution in [0.5, 0.6) is 0 Å². The average Bonchev–Trinajstić information content (AvgIpc) is 3.05. The summed E-state index contributed by atoms with van der Waals surface area (Å²) in [5.41, 5.74) is 0.141. The minimum Gasteiger partial charge on any atom is -0.314 e. The molecule has 0 bridgehead atoms. The first-order chi connectivity index (χ1) is 8.18. The van der Waals surface area contributed by atoms with Crippen molar-refractivity contribution in [2.75, 3.05) is 33.7 Å². The Labute approximate surface area is 102 Å². The molecule has 96 valence electrons. The van der Waals surface area contributed by atoms with Gasteiger partial charge >= 0.3 is 5.69 Å². The van der Waals surface area contributed by atoms with Crippen molar-refractivity contribution >= 4 is 0 Å². The predicted octanol–water partition coefficient (Wildman–Crippen LogP) is 0.136. The van der Waals surface area contributed by atoms with Crippen LogP contribution in [0, 0.1) is 0 Å². The van der Waals surface area contributed by atoms with E-state index in [9.17, 15) is 4.79 Å². The zero-order valence-corrected chi connectivity index (χ0v) is 10.7. The van der Waals surface area contributed by atoms with E-state index in [-0.39, 0.29) is 5.69 Å². The maximum atomic E-state index is 11.9. The summed E-state index contributed by atoms with van der Waals surface area (Å²) in [6.45, 7) is 3.59. The third kappa shape index (κ3) is 3.44. The van der Waals surface area contributed by atoms with Gasteiger partial charge in [0.2, 0.25) is 0 Å². The maximum absolute atomic E-state index is 11.9. The van der Waals surface area contributed by atoms with Gasteiger partial charge in [0.15, 0.2) is 0 Å². The summed E-state index contributed by atoms with van der Waals surface area (Å²) in [5, 5.41) is 3.34. The molecule has 0 spiro atoms. The Kier molecular flexibility index (Phi) is 4.02. The zero-order valence-electron chi connectivity index (χ0n) is 10.7. The van der Waals surface area contributed by atoms with Crippen LogP contribution in [0.15, 0.2) is 17.2 Å². The second-order valence-electron chi connectivity index (χ2n) is 4.97. The van der Waals surface area contributed by atoms with Crippen molar-refractivity contribution in [1.29, 1.82) is 0 Å². The van der Waals surface area contributed by atoms with Crippen LogP contribution in [0.2, 0.25) is 0 Å². The number of aromatic nitrogens is 2. The highest BCUT2D eigenvalue weighted by molar-refractivity contribution is 4.91. The molecule has 5 heteroatoms. The normalized spacial score (nSPS) is 15.7. The average molecular weight is 238 g/mol. The number of hydrogen-bond donors (Lipinski definition) is 1. The summed E-state index contributed by atoms with van der Waals surface area (Å²) >= 11 is 0. The Morgan fingerprint density at radius 1 is 1.35 bits per heavy atom. The van der Waals surface area contributed by atoms with Crippen LogP contribution in [0.3, 0.4) is 0 Å². The van der Waals surface area contributed by atoms with Gasteiger partial charge in [-0.2, -0.15) is 0 Å². The van der Waals surface area contributed by atoms with Crippen LogP contribution < -0.4 is 11.0 Å². The molecule has 1 fully saturated rings. The molecule has 0 aliphatic heterocycles. The van der Waals surface area contributed by atoms with Gasteiger partial charge in [-0.05, 0) is 26.9 Å². The molecule has 5 nitrogen and oxygen atoms in total. The monoisotopic (exact) mass is 238 g/mol. The van der Waals surface area contributed by atoms with E-state index in [1.54, 1.807) is 4.57 Å².